The normalized spacial score (nSPS) is 10.7. The van der Waals surface area contributed by atoms with E-state index < -0.39 is 6.16 Å². The summed E-state index contributed by atoms with van der Waals surface area (Å²) < 4.78 is 20.6. The van der Waals surface area contributed by atoms with Crippen LogP contribution in [-0.2, 0) is 6.54 Å². The van der Waals surface area contributed by atoms with Crippen LogP contribution in [0.3, 0.4) is 0 Å². The van der Waals surface area contributed by atoms with E-state index in [4.69, 9.17) is 21.4 Å². The molecule has 0 saturated carbocycles. The molecule has 0 aliphatic carbocycles. The fourth-order valence-electron chi connectivity index (χ4n) is 2.76. The summed E-state index contributed by atoms with van der Waals surface area (Å²) in [4.78, 5) is 11.2. The van der Waals surface area contributed by atoms with Crippen LogP contribution < -0.4 is 4.74 Å². The highest BCUT2D eigenvalue weighted by atomic mass is 35.5. The number of rotatable bonds is 4. The van der Waals surface area contributed by atoms with E-state index >= 15 is 0 Å². The molecule has 1 aromatic heterocycles. The molecule has 4 nitrogen and oxygen atoms in total. The molecule has 0 unspecified atom stereocenters. The molecular formula is C19H15ClFNO3. The molecule has 0 amide bonds. The number of ether oxygens (including phenoxy) is 1. The zero-order valence-corrected chi connectivity index (χ0v) is 14.1. The van der Waals surface area contributed by atoms with Crippen LogP contribution >= 0.6 is 11.6 Å². The van der Waals surface area contributed by atoms with Crippen molar-refractivity contribution >= 4 is 17.8 Å². The third kappa shape index (κ3) is 3.67. The van der Waals surface area contributed by atoms with Crippen LogP contribution in [0.2, 0.25) is 5.02 Å². The van der Waals surface area contributed by atoms with Crippen molar-refractivity contribution in [1.82, 2.24) is 4.57 Å². The maximum atomic E-state index is 14.0. The Morgan fingerprint density at radius 2 is 1.88 bits per heavy atom. The first-order valence-corrected chi connectivity index (χ1v) is 7.93. The summed E-state index contributed by atoms with van der Waals surface area (Å²) in [7, 11) is 0. The van der Waals surface area contributed by atoms with Crippen LogP contribution in [-0.4, -0.2) is 15.8 Å². The minimum Gasteiger partial charge on any atom is -0.449 e. The third-order valence-corrected chi connectivity index (χ3v) is 4.09. The second-order valence-electron chi connectivity index (χ2n) is 5.59. The van der Waals surface area contributed by atoms with Gasteiger partial charge in [0.15, 0.2) is 0 Å². The molecule has 3 aromatic rings. The second kappa shape index (κ2) is 6.99. The van der Waals surface area contributed by atoms with E-state index in [-0.39, 0.29) is 18.2 Å². The van der Waals surface area contributed by atoms with Crippen LogP contribution in [0.4, 0.5) is 9.18 Å². The van der Waals surface area contributed by atoms with Crippen LogP contribution in [0.25, 0.3) is 11.1 Å². The van der Waals surface area contributed by atoms with E-state index in [1.807, 2.05) is 6.92 Å². The zero-order valence-electron chi connectivity index (χ0n) is 13.4. The highest BCUT2D eigenvalue weighted by molar-refractivity contribution is 6.30. The molecule has 0 saturated heterocycles. The number of halogens is 2. The van der Waals surface area contributed by atoms with Crippen molar-refractivity contribution in [2.45, 2.75) is 13.5 Å². The number of aromatic nitrogens is 1. The number of aryl methyl sites for hydroxylation is 1. The summed E-state index contributed by atoms with van der Waals surface area (Å²) >= 11 is 5.92. The van der Waals surface area contributed by atoms with Crippen molar-refractivity contribution in [1.29, 1.82) is 0 Å². The van der Waals surface area contributed by atoms with E-state index in [2.05, 4.69) is 0 Å². The lowest BCUT2D eigenvalue weighted by Gasteiger charge is -2.11. The average molecular weight is 360 g/mol. The highest BCUT2D eigenvalue weighted by Gasteiger charge is 2.20. The summed E-state index contributed by atoms with van der Waals surface area (Å²) in [5.41, 5.74) is 2.66. The van der Waals surface area contributed by atoms with E-state index in [0.717, 1.165) is 11.1 Å². The van der Waals surface area contributed by atoms with Gasteiger partial charge in [-0.1, -0.05) is 41.9 Å². The van der Waals surface area contributed by atoms with Crippen LogP contribution in [0, 0.1) is 12.7 Å². The quantitative estimate of drug-likeness (QED) is 0.638. The fourth-order valence-corrected chi connectivity index (χ4v) is 2.88. The van der Waals surface area contributed by atoms with E-state index in [0.29, 0.717) is 16.1 Å². The largest absolute Gasteiger partial charge is 0.512 e. The molecular weight excluding hydrogens is 345 g/mol. The SMILES string of the molecule is Cc1cn(Cc2ccccc2F)c(OC(=O)O)c1-c1ccc(Cl)cc1. The number of hydrogen-bond donors (Lipinski definition) is 1. The van der Waals surface area contributed by atoms with E-state index in [1.54, 1.807) is 53.2 Å². The van der Waals surface area contributed by atoms with Crippen LogP contribution in [0.1, 0.15) is 11.1 Å². The lowest BCUT2D eigenvalue weighted by atomic mass is 10.1. The van der Waals surface area contributed by atoms with Gasteiger partial charge in [0, 0.05) is 22.3 Å². The molecule has 0 fully saturated rings. The highest BCUT2D eigenvalue weighted by Crippen LogP contribution is 2.36. The molecule has 0 atom stereocenters. The Bertz CT molecular complexity index is 919. The van der Waals surface area contributed by atoms with Gasteiger partial charge in [-0.2, -0.15) is 0 Å². The molecule has 128 valence electrons. The van der Waals surface area contributed by atoms with Crippen molar-refractivity contribution in [2.24, 2.45) is 0 Å². The van der Waals surface area contributed by atoms with Crippen LogP contribution in [0.15, 0.2) is 54.7 Å². The van der Waals surface area contributed by atoms with Gasteiger partial charge in [-0.3, -0.25) is 0 Å². The van der Waals surface area contributed by atoms with Gasteiger partial charge in [-0.05, 0) is 36.2 Å². The van der Waals surface area contributed by atoms with Crippen molar-refractivity contribution < 1.29 is 19.0 Å². The van der Waals surface area contributed by atoms with Crippen molar-refractivity contribution in [3.8, 4) is 17.0 Å². The minimum atomic E-state index is -1.43. The first-order chi connectivity index (χ1) is 12.0. The van der Waals surface area contributed by atoms with Crippen molar-refractivity contribution in [3.05, 3.63) is 76.7 Å². The smallest absolute Gasteiger partial charge is 0.449 e. The van der Waals surface area contributed by atoms with Crippen LogP contribution in [0.5, 0.6) is 5.88 Å². The molecule has 6 heteroatoms. The summed E-state index contributed by atoms with van der Waals surface area (Å²) in [6, 6.07) is 13.4. The number of hydrogen-bond acceptors (Lipinski definition) is 2. The average Bonchev–Trinajstić information content (AvgIpc) is 2.85. The Hall–Kier alpha value is -2.79. The molecule has 3 rings (SSSR count). The van der Waals surface area contributed by atoms with Gasteiger partial charge in [0.25, 0.3) is 0 Å². The maximum absolute atomic E-state index is 14.0. The lowest BCUT2D eigenvalue weighted by Crippen LogP contribution is -2.10. The zero-order chi connectivity index (χ0) is 18.0. The number of carboxylic acid groups (broad SMARTS) is 1. The molecule has 0 radical (unpaired) electrons. The van der Waals surface area contributed by atoms with Crippen molar-refractivity contribution in [2.75, 3.05) is 0 Å². The molecule has 2 aromatic carbocycles. The summed E-state index contributed by atoms with van der Waals surface area (Å²) in [6.45, 7) is 2.00. The Balaban J connectivity index is 2.10. The minimum absolute atomic E-state index is 0.149. The van der Waals surface area contributed by atoms with Gasteiger partial charge in [-0.25, -0.2) is 9.18 Å². The standard InChI is InChI=1S/C19H15ClFNO3/c1-12-10-22(11-14-4-2-3-5-16(14)21)18(25-19(23)24)17(12)13-6-8-15(20)9-7-13/h2-10H,11H2,1H3,(H,23,24). The molecule has 0 aliphatic heterocycles. The van der Waals surface area contributed by atoms with Gasteiger partial charge < -0.3 is 14.4 Å². The Labute approximate surface area is 149 Å². The predicted molar refractivity (Wildman–Crippen MR) is 93.8 cm³/mol. The summed E-state index contributed by atoms with van der Waals surface area (Å²) in [6.07, 6.45) is 0.317. The Kier molecular flexibility index (Phi) is 4.76. The van der Waals surface area contributed by atoms with Gasteiger partial charge in [-0.15, -0.1) is 0 Å². The van der Waals surface area contributed by atoms with Gasteiger partial charge in [0.1, 0.15) is 5.82 Å². The maximum Gasteiger partial charge on any atom is 0.512 e. The van der Waals surface area contributed by atoms with E-state index in [1.165, 1.54) is 6.07 Å². The molecule has 0 spiro atoms. The lowest BCUT2D eigenvalue weighted by molar-refractivity contribution is 0.141. The molecule has 0 bridgehead atoms. The van der Waals surface area contributed by atoms with Gasteiger partial charge in [0.2, 0.25) is 5.88 Å². The van der Waals surface area contributed by atoms with E-state index in [9.17, 15) is 9.18 Å². The van der Waals surface area contributed by atoms with Crippen molar-refractivity contribution in [3.63, 3.8) is 0 Å². The topological polar surface area (TPSA) is 51.5 Å². The van der Waals surface area contributed by atoms with Gasteiger partial charge in [0.05, 0.1) is 6.54 Å². The summed E-state index contributed by atoms with van der Waals surface area (Å²) in [5.74, 6) is -0.209. The second-order valence-corrected chi connectivity index (χ2v) is 6.02. The van der Waals surface area contributed by atoms with Gasteiger partial charge >= 0.3 is 6.16 Å². The first-order valence-electron chi connectivity index (χ1n) is 7.55. The molecule has 1 heterocycles. The first kappa shape index (κ1) is 17.0. The number of carbonyl (C=O) groups is 1. The molecule has 0 aliphatic rings. The fraction of sp³-hybridized carbons (Fsp3) is 0.105. The monoisotopic (exact) mass is 359 g/mol. The molecule has 1 N–H and O–H groups in total. The number of nitrogens with zero attached hydrogens (tertiary/aromatic N) is 1. The number of benzene rings is 2. The Morgan fingerprint density at radius 3 is 2.52 bits per heavy atom. The summed E-state index contributed by atoms with van der Waals surface area (Å²) in [5, 5.41) is 9.68. The Morgan fingerprint density at radius 1 is 1.20 bits per heavy atom. The predicted octanol–water partition coefficient (Wildman–Crippen LogP) is 5.36. The third-order valence-electron chi connectivity index (χ3n) is 3.83. The molecule has 25 heavy (non-hydrogen) atoms.